The highest BCUT2D eigenvalue weighted by atomic mass is 16.5. The van der Waals surface area contributed by atoms with E-state index in [4.69, 9.17) is 23.4 Å². The van der Waals surface area contributed by atoms with Crippen molar-refractivity contribution in [1.29, 1.82) is 0 Å². The number of carbonyl (C=O) groups excluding carboxylic acids is 1. The number of hydrogen-bond donors (Lipinski definition) is 0. The average molecular weight is 472 g/mol. The van der Waals surface area contributed by atoms with Crippen LogP contribution in [0.2, 0.25) is 0 Å². The molecule has 1 atom stereocenters. The maximum Gasteiger partial charge on any atom is 0.336 e. The van der Waals surface area contributed by atoms with Crippen molar-refractivity contribution >= 4 is 16.9 Å². The lowest BCUT2D eigenvalue weighted by atomic mass is 9.81. The molecule has 35 heavy (non-hydrogen) atoms. The molecule has 4 aromatic rings. The molecular weight excluding hydrogens is 448 g/mol. The van der Waals surface area contributed by atoms with Crippen LogP contribution in [-0.4, -0.2) is 27.3 Å². The van der Waals surface area contributed by atoms with Crippen LogP contribution in [0.25, 0.3) is 22.1 Å². The number of ether oxygens (including phenoxy) is 4. The van der Waals surface area contributed by atoms with Crippen LogP contribution in [0.1, 0.15) is 29.0 Å². The van der Waals surface area contributed by atoms with Gasteiger partial charge in [-0.1, -0.05) is 36.4 Å². The molecule has 0 N–H and O–H groups in total. The summed E-state index contributed by atoms with van der Waals surface area (Å²) >= 11 is 0. The molecule has 3 aromatic carbocycles. The van der Waals surface area contributed by atoms with Gasteiger partial charge in [-0.2, -0.15) is 0 Å². The lowest BCUT2D eigenvalue weighted by Crippen LogP contribution is -2.23. The van der Waals surface area contributed by atoms with Crippen molar-refractivity contribution in [2.24, 2.45) is 0 Å². The molecule has 0 aliphatic carbocycles. The van der Waals surface area contributed by atoms with Crippen LogP contribution in [0.5, 0.6) is 23.0 Å². The smallest absolute Gasteiger partial charge is 0.336 e. The van der Waals surface area contributed by atoms with Crippen molar-refractivity contribution in [1.82, 2.24) is 0 Å². The highest BCUT2D eigenvalue weighted by Gasteiger charge is 2.35. The summed E-state index contributed by atoms with van der Waals surface area (Å²) in [7, 11) is 4.65. The minimum absolute atomic E-state index is 0.114. The monoisotopic (exact) mass is 472 g/mol. The van der Waals surface area contributed by atoms with Gasteiger partial charge >= 0.3 is 11.6 Å². The number of fused-ring (bicyclic) bond motifs is 3. The molecule has 0 saturated carbocycles. The van der Waals surface area contributed by atoms with Crippen molar-refractivity contribution in [3.8, 4) is 34.1 Å². The Balaban J connectivity index is 1.84. The standard InChI is InChI=1S/C28H24O7/c1-15-12-21-25(18(13-22(29)34-21)16-8-6-5-7-9-16)28-24(15)19(14-23(30)35-28)17-10-11-20(31-2)27(33-4)26(17)32-3/h5-13,19H,14H2,1-4H3/t19-/m0/s1. The van der Waals surface area contributed by atoms with E-state index in [1.807, 2.05) is 49.4 Å². The number of carbonyl (C=O) groups is 1. The van der Waals surface area contributed by atoms with Crippen molar-refractivity contribution in [3.63, 3.8) is 0 Å². The van der Waals surface area contributed by atoms with Crippen LogP contribution in [0, 0.1) is 6.92 Å². The molecule has 1 aromatic heterocycles. The Bertz CT molecular complexity index is 1500. The van der Waals surface area contributed by atoms with E-state index in [2.05, 4.69) is 0 Å². The van der Waals surface area contributed by atoms with Gasteiger partial charge in [0.05, 0.1) is 33.1 Å². The van der Waals surface area contributed by atoms with E-state index in [9.17, 15) is 9.59 Å². The minimum Gasteiger partial charge on any atom is -0.493 e. The van der Waals surface area contributed by atoms with E-state index in [1.54, 1.807) is 27.4 Å². The summed E-state index contributed by atoms with van der Waals surface area (Å²) < 4.78 is 28.1. The molecule has 0 bridgehead atoms. The fourth-order valence-electron chi connectivity index (χ4n) is 4.91. The summed E-state index contributed by atoms with van der Waals surface area (Å²) in [6.07, 6.45) is 0.114. The van der Waals surface area contributed by atoms with Gasteiger partial charge in [0.2, 0.25) is 5.75 Å². The Morgan fingerprint density at radius 3 is 2.31 bits per heavy atom. The second kappa shape index (κ2) is 8.83. The SMILES string of the molecule is COc1ccc([C@@H]2CC(=O)Oc3c2c(C)cc2oc(=O)cc(-c4ccccc4)c32)c(OC)c1OC. The number of aryl methyl sites for hydroxylation is 1. The van der Waals surface area contributed by atoms with E-state index in [0.717, 1.165) is 22.3 Å². The summed E-state index contributed by atoms with van der Waals surface area (Å²) in [5, 5.41) is 0.578. The summed E-state index contributed by atoms with van der Waals surface area (Å²) in [5.41, 5.74) is 3.77. The third-order valence-corrected chi connectivity index (χ3v) is 6.36. The molecule has 1 aliphatic heterocycles. The third-order valence-electron chi connectivity index (χ3n) is 6.36. The lowest BCUT2D eigenvalue weighted by Gasteiger charge is -2.29. The van der Waals surface area contributed by atoms with Crippen LogP contribution in [0.4, 0.5) is 0 Å². The zero-order valence-corrected chi connectivity index (χ0v) is 19.8. The van der Waals surface area contributed by atoms with Crippen LogP contribution >= 0.6 is 0 Å². The predicted molar refractivity (Wildman–Crippen MR) is 131 cm³/mol. The molecule has 0 amide bonds. The van der Waals surface area contributed by atoms with Crippen molar-refractivity contribution in [3.05, 3.63) is 81.7 Å². The van der Waals surface area contributed by atoms with Gasteiger partial charge in [-0.3, -0.25) is 4.79 Å². The Hall–Kier alpha value is -4.26. The summed E-state index contributed by atoms with van der Waals surface area (Å²) in [6, 6.07) is 16.4. The molecule has 7 heteroatoms. The fourth-order valence-corrected chi connectivity index (χ4v) is 4.91. The van der Waals surface area contributed by atoms with Gasteiger partial charge in [-0.25, -0.2) is 4.79 Å². The maximum atomic E-state index is 12.9. The van der Waals surface area contributed by atoms with E-state index < -0.39 is 11.6 Å². The Morgan fingerprint density at radius 2 is 1.63 bits per heavy atom. The lowest BCUT2D eigenvalue weighted by molar-refractivity contribution is -0.135. The van der Waals surface area contributed by atoms with Crippen LogP contribution in [0.3, 0.4) is 0 Å². The van der Waals surface area contributed by atoms with Crippen molar-refractivity contribution in [2.45, 2.75) is 19.3 Å². The topological polar surface area (TPSA) is 84.2 Å². The van der Waals surface area contributed by atoms with Crippen LogP contribution < -0.4 is 24.6 Å². The zero-order chi connectivity index (χ0) is 24.7. The molecule has 7 nitrogen and oxygen atoms in total. The Labute approximate surface area is 201 Å². The maximum absolute atomic E-state index is 12.9. The molecule has 5 rings (SSSR count). The fraction of sp³-hybridized carbons (Fsp3) is 0.214. The minimum atomic E-state index is -0.476. The second-order valence-corrected chi connectivity index (χ2v) is 8.31. The molecule has 1 aliphatic rings. The van der Waals surface area contributed by atoms with E-state index in [1.165, 1.54) is 6.07 Å². The number of methoxy groups -OCH3 is 3. The van der Waals surface area contributed by atoms with Gasteiger partial charge in [0.1, 0.15) is 11.3 Å². The predicted octanol–water partition coefficient (Wildman–Crippen LogP) is 5.24. The van der Waals surface area contributed by atoms with Crippen LogP contribution in [-0.2, 0) is 4.79 Å². The van der Waals surface area contributed by atoms with Gasteiger partial charge in [0.15, 0.2) is 11.5 Å². The first kappa shape index (κ1) is 22.5. The zero-order valence-electron chi connectivity index (χ0n) is 19.8. The van der Waals surface area contributed by atoms with E-state index >= 15 is 0 Å². The van der Waals surface area contributed by atoms with Gasteiger partial charge in [0, 0.05) is 28.7 Å². The molecule has 0 radical (unpaired) electrons. The summed E-state index contributed by atoms with van der Waals surface area (Å²) in [4.78, 5) is 25.4. The molecule has 0 saturated heterocycles. The number of benzene rings is 3. The van der Waals surface area contributed by atoms with Gasteiger partial charge in [-0.05, 0) is 30.2 Å². The van der Waals surface area contributed by atoms with Crippen LogP contribution in [0.15, 0.2) is 63.8 Å². The molecule has 0 fully saturated rings. The normalized spacial score (nSPS) is 14.9. The third kappa shape index (κ3) is 3.69. The quantitative estimate of drug-likeness (QED) is 0.223. The molecule has 178 valence electrons. The Kier molecular flexibility index (Phi) is 5.68. The highest BCUT2D eigenvalue weighted by Crippen LogP contribution is 2.51. The van der Waals surface area contributed by atoms with Crippen molar-refractivity contribution < 1.29 is 28.2 Å². The first-order valence-electron chi connectivity index (χ1n) is 11.1. The molecule has 2 heterocycles. The number of hydrogen-bond acceptors (Lipinski definition) is 7. The second-order valence-electron chi connectivity index (χ2n) is 8.31. The molecule has 0 unspecified atom stereocenters. The van der Waals surface area contributed by atoms with E-state index in [0.29, 0.717) is 39.5 Å². The Morgan fingerprint density at radius 1 is 0.886 bits per heavy atom. The van der Waals surface area contributed by atoms with Crippen molar-refractivity contribution in [2.75, 3.05) is 21.3 Å². The first-order chi connectivity index (χ1) is 17.0. The molecule has 0 spiro atoms. The molecular formula is C28H24O7. The summed E-state index contributed by atoms with van der Waals surface area (Å²) in [5.74, 6) is 1.08. The highest BCUT2D eigenvalue weighted by molar-refractivity contribution is 6.01. The van der Waals surface area contributed by atoms with Gasteiger partial charge < -0.3 is 23.4 Å². The van der Waals surface area contributed by atoms with Gasteiger partial charge in [0.25, 0.3) is 0 Å². The number of esters is 1. The van der Waals surface area contributed by atoms with Gasteiger partial charge in [-0.15, -0.1) is 0 Å². The first-order valence-corrected chi connectivity index (χ1v) is 11.1. The summed E-state index contributed by atoms with van der Waals surface area (Å²) in [6.45, 7) is 1.91. The number of rotatable bonds is 5. The van der Waals surface area contributed by atoms with E-state index in [-0.39, 0.29) is 12.3 Å². The average Bonchev–Trinajstić information content (AvgIpc) is 2.86. The largest absolute Gasteiger partial charge is 0.493 e.